The standard InChI is InChI=1S/C17H18F3N3O2S/c1-26-10-14-21-16(25-22-14)12-5-6-15(24)23(9-12)8-11-3-2-4-13(7-11)17(18,19)20/h2-4,7,12H,5-6,8-10H2,1H3/t12-/m1/s1. The molecule has 1 saturated heterocycles. The summed E-state index contributed by atoms with van der Waals surface area (Å²) in [6, 6.07) is 5.06. The predicted octanol–water partition coefficient (Wildman–Crippen LogP) is 3.86. The molecule has 0 bridgehead atoms. The summed E-state index contributed by atoms with van der Waals surface area (Å²) in [4.78, 5) is 18.1. The predicted molar refractivity (Wildman–Crippen MR) is 90.4 cm³/mol. The Morgan fingerprint density at radius 2 is 2.19 bits per heavy atom. The van der Waals surface area contributed by atoms with Crippen molar-refractivity contribution in [1.82, 2.24) is 15.0 Å². The number of nitrogens with zero attached hydrogens (tertiary/aromatic N) is 3. The van der Waals surface area contributed by atoms with Gasteiger partial charge in [0.2, 0.25) is 11.8 Å². The average Bonchev–Trinajstić information content (AvgIpc) is 3.05. The molecule has 1 aliphatic rings. The Morgan fingerprint density at radius 3 is 2.92 bits per heavy atom. The Morgan fingerprint density at radius 1 is 1.38 bits per heavy atom. The number of piperidine rings is 1. The first-order valence-corrected chi connectivity index (χ1v) is 9.51. The van der Waals surface area contributed by atoms with Crippen LogP contribution in [0, 0.1) is 0 Å². The zero-order chi connectivity index (χ0) is 18.7. The van der Waals surface area contributed by atoms with Crippen molar-refractivity contribution in [2.75, 3.05) is 12.8 Å². The number of aromatic nitrogens is 2. The highest BCUT2D eigenvalue weighted by atomic mass is 32.2. The lowest BCUT2D eigenvalue weighted by Crippen LogP contribution is -2.38. The van der Waals surface area contributed by atoms with E-state index in [9.17, 15) is 18.0 Å². The molecule has 0 spiro atoms. The highest BCUT2D eigenvalue weighted by molar-refractivity contribution is 7.97. The largest absolute Gasteiger partial charge is 0.416 e. The summed E-state index contributed by atoms with van der Waals surface area (Å²) in [5.74, 6) is 1.55. The molecule has 0 radical (unpaired) electrons. The number of carbonyl (C=O) groups excluding carboxylic acids is 1. The van der Waals surface area contributed by atoms with E-state index in [0.717, 1.165) is 12.1 Å². The van der Waals surface area contributed by atoms with Gasteiger partial charge in [-0.3, -0.25) is 4.79 Å². The van der Waals surface area contributed by atoms with Crippen molar-refractivity contribution in [2.24, 2.45) is 0 Å². The van der Waals surface area contributed by atoms with Gasteiger partial charge in [-0.15, -0.1) is 0 Å². The van der Waals surface area contributed by atoms with Crippen molar-refractivity contribution in [1.29, 1.82) is 0 Å². The molecule has 2 aromatic rings. The van der Waals surface area contributed by atoms with E-state index in [1.54, 1.807) is 22.7 Å². The normalized spacial score (nSPS) is 18.4. The molecule has 3 rings (SSSR count). The second-order valence-corrected chi connectivity index (χ2v) is 7.06. The molecule has 5 nitrogen and oxygen atoms in total. The maximum Gasteiger partial charge on any atom is 0.416 e. The molecule has 1 atom stereocenters. The number of rotatable bonds is 5. The van der Waals surface area contributed by atoms with Gasteiger partial charge in [0.25, 0.3) is 0 Å². The van der Waals surface area contributed by atoms with Crippen LogP contribution in [-0.4, -0.2) is 33.7 Å². The molecule has 0 saturated carbocycles. The molecule has 0 N–H and O–H groups in total. The van der Waals surface area contributed by atoms with Gasteiger partial charge in [-0.25, -0.2) is 0 Å². The SMILES string of the molecule is CSCc1noc([C@@H]2CCC(=O)N(Cc3cccc(C(F)(F)F)c3)C2)n1. The van der Waals surface area contributed by atoms with E-state index in [1.807, 2.05) is 6.26 Å². The van der Waals surface area contributed by atoms with Gasteiger partial charge >= 0.3 is 6.18 Å². The van der Waals surface area contributed by atoms with Crippen molar-refractivity contribution in [3.8, 4) is 0 Å². The fourth-order valence-electron chi connectivity index (χ4n) is 2.96. The molecule has 0 unspecified atom stereocenters. The Balaban J connectivity index is 1.71. The maximum atomic E-state index is 12.9. The van der Waals surface area contributed by atoms with Crippen molar-refractivity contribution in [3.63, 3.8) is 0 Å². The smallest absolute Gasteiger partial charge is 0.339 e. The summed E-state index contributed by atoms with van der Waals surface area (Å²) < 4.78 is 43.9. The summed E-state index contributed by atoms with van der Waals surface area (Å²) in [6.07, 6.45) is -1.56. The van der Waals surface area contributed by atoms with E-state index in [2.05, 4.69) is 10.1 Å². The van der Waals surface area contributed by atoms with Crippen molar-refractivity contribution in [2.45, 2.75) is 37.2 Å². The number of benzene rings is 1. The minimum Gasteiger partial charge on any atom is -0.339 e. The van der Waals surface area contributed by atoms with Crippen LogP contribution in [0.3, 0.4) is 0 Å². The Kier molecular flexibility index (Phi) is 5.55. The molecule has 1 aromatic heterocycles. The van der Waals surface area contributed by atoms with Gasteiger partial charge < -0.3 is 9.42 Å². The summed E-state index contributed by atoms with van der Waals surface area (Å²) in [6.45, 7) is 0.487. The van der Waals surface area contributed by atoms with Crippen LogP contribution in [0.25, 0.3) is 0 Å². The highest BCUT2D eigenvalue weighted by Crippen LogP contribution is 2.31. The molecular weight excluding hydrogens is 367 g/mol. The quantitative estimate of drug-likeness (QED) is 0.782. The number of hydrogen-bond acceptors (Lipinski definition) is 5. The van der Waals surface area contributed by atoms with Gasteiger partial charge in [0.1, 0.15) is 0 Å². The molecule has 1 amide bonds. The monoisotopic (exact) mass is 385 g/mol. The van der Waals surface area contributed by atoms with Crippen molar-refractivity contribution < 1.29 is 22.5 Å². The van der Waals surface area contributed by atoms with Crippen LogP contribution in [-0.2, 0) is 23.3 Å². The van der Waals surface area contributed by atoms with Gasteiger partial charge in [0, 0.05) is 19.5 Å². The van der Waals surface area contributed by atoms with E-state index >= 15 is 0 Å². The number of alkyl halides is 3. The first-order chi connectivity index (χ1) is 12.4. The molecule has 9 heteroatoms. The summed E-state index contributed by atoms with van der Waals surface area (Å²) in [5, 5.41) is 3.91. The Hall–Kier alpha value is -2.03. The van der Waals surface area contributed by atoms with Crippen LogP contribution in [0.2, 0.25) is 0 Å². The first kappa shape index (κ1) is 18.8. The van der Waals surface area contributed by atoms with E-state index < -0.39 is 11.7 Å². The Labute approximate surface area is 152 Å². The van der Waals surface area contributed by atoms with Gasteiger partial charge in [-0.1, -0.05) is 17.3 Å². The summed E-state index contributed by atoms with van der Waals surface area (Å²) >= 11 is 1.58. The number of thioether (sulfide) groups is 1. The minimum atomic E-state index is -4.40. The molecule has 1 aliphatic heterocycles. The van der Waals surface area contributed by atoms with E-state index in [1.165, 1.54) is 6.07 Å². The lowest BCUT2D eigenvalue weighted by molar-refractivity contribution is -0.137. The second-order valence-electron chi connectivity index (χ2n) is 6.19. The van der Waals surface area contributed by atoms with Crippen molar-refractivity contribution >= 4 is 17.7 Å². The average molecular weight is 385 g/mol. The zero-order valence-electron chi connectivity index (χ0n) is 14.1. The fourth-order valence-corrected chi connectivity index (χ4v) is 3.33. The lowest BCUT2D eigenvalue weighted by Gasteiger charge is -2.31. The first-order valence-electron chi connectivity index (χ1n) is 8.12. The van der Waals surface area contributed by atoms with Crippen LogP contribution in [0.5, 0.6) is 0 Å². The summed E-state index contributed by atoms with van der Waals surface area (Å²) in [7, 11) is 0. The van der Waals surface area contributed by atoms with Crippen LogP contribution in [0.15, 0.2) is 28.8 Å². The number of likely N-dealkylation sites (tertiary alicyclic amines) is 1. The molecule has 2 heterocycles. The number of carbonyl (C=O) groups is 1. The van der Waals surface area contributed by atoms with Gasteiger partial charge in [-0.2, -0.15) is 29.9 Å². The third-order valence-corrected chi connectivity index (χ3v) is 4.78. The Bertz CT molecular complexity index is 779. The second kappa shape index (κ2) is 7.69. The van der Waals surface area contributed by atoms with Gasteiger partial charge in [-0.05, 0) is 30.4 Å². The molecular formula is C17H18F3N3O2S. The molecule has 1 aromatic carbocycles. The number of halogens is 3. The van der Waals surface area contributed by atoms with Crippen LogP contribution < -0.4 is 0 Å². The molecule has 0 aliphatic carbocycles. The van der Waals surface area contributed by atoms with Crippen LogP contribution >= 0.6 is 11.8 Å². The van der Waals surface area contributed by atoms with E-state index in [-0.39, 0.29) is 18.4 Å². The lowest BCUT2D eigenvalue weighted by atomic mass is 9.96. The summed E-state index contributed by atoms with van der Waals surface area (Å²) in [5.41, 5.74) is -0.267. The van der Waals surface area contributed by atoms with Gasteiger partial charge in [0.15, 0.2) is 5.82 Å². The molecule has 1 fully saturated rings. The van der Waals surface area contributed by atoms with Crippen LogP contribution in [0.4, 0.5) is 13.2 Å². The zero-order valence-corrected chi connectivity index (χ0v) is 14.9. The molecule has 140 valence electrons. The number of amides is 1. The number of hydrogen-bond donors (Lipinski definition) is 0. The third-order valence-electron chi connectivity index (χ3n) is 4.23. The maximum absolute atomic E-state index is 12.9. The van der Waals surface area contributed by atoms with E-state index in [0.29, 0.717) is 42.4 Å². The van der Waals surface area contributed by atoms with Crippen molar-refractivity contribution in [3.05, 3.63) is 47.1 Å². The van der Waals surface area contributed by atoms with Gasteiger partial charge in [0.05, 0.1) is 17.2 Å². The molecule has 26 heavy (non-hydrogen) atoms. The highest BCUT2D eigenvalue weighted by Gasteiger charge is 2.32. The van der Waals surface area contributed by atoms with E-state index in [4.69, 9.17) is 4.52 Å². The topological polar surface area (TPSA) is 59.2 Å². The minimum absolute atomic E-state index is 0.0810. The van der Waals surface area contributed by atoms with Crippen LogP contribution in [0.1, 0.15) is 41.6 Å². The fraction of sp³-hybridized carbons (Fsp3) is 0.471. The third kappa shape index (κ3) is 4.38.